The molecule has 5 aromatic rings. The van der Waals surface area contributed by atoms with Crippen molar-refractivity contribution in [3.63, 3.8) is 0 Å². The first kappa shape index (κ1) is 25.6. The van der Waals surface area contributed by atoms with Crippen LogP contribution in [0.1, 0.15) is 41.5 Å². The second-order valence-electron chi connectivity index (χ2n) is 11.0. The van der Waals surface area contributed by atoms with Gasteiger partial charge in [-0.3, -0.25) is 0 Å². The molecule has 0 aliphatic carbocycles. The Morgan fingerprint density at radius 3 is 1.41 bits per heavy atom. The molecule has 2 heterocycles. The lowest BCUT2D eigenvalue weighted by atomic mass is 10.1. The molecular weight excluding hydrogens is 604 g/mol. The second-order valence-corrected chi connectivity index (χ2v) is 12.8. The van der Waals surface area contributed by atoms with Gasteiger partial charge in [-0.05, 0) is 84.0 Å². The van der Waals surface area contributed by atoms with E-state index in [1.165, 1.54) is 9.13 Å². The Morgan fingerprint density at radius 1 is 0.676 bits per heavy atom. The number of nitrogens with zero attached hydrogens (tertiary/aromatic N) is 2. The Morgan fingerprint density at radius 2 is 1.05 bits per heavy atom. The lowest BCUT2D eigenvalue weighted by molar-refractivity contribution is 0.0541. The van der Waals surface area contributed by atoms with E-state index < -0.39 is 23.4 Å². The van der Waals surface area contributed by atoms with E-state index in [0.29, 0.717) is 21.8 Å². The third-order valence-corrected chi connectivity index (χ3v) is 6.81. The Hall–Kier alpha value is -3.04. The van der Waals surface area contributed by atoms with Crippen LogP contribution in [-0.4, -0.2) is 37.6 Å². The number of rotatable bonds is 0. The van der Waals surface area contributed by atoms with E-state index in [2.05, 4.69) is 31.9 Å². The molecule has 0 amide bonds. The van der Waals surface area contributed by atoms with E-state index in [1.54, 1.807) is 53.7 Å². The fourth-order valence-corrected chi connectivity index (χ4v) is 5.31. The number of halogens is 2. The summed E-state index contributed by atoms with van der Waals surface area (Å²) in [5.74, 6) is -0.219. The van der Waals surface area contributed by atoms with Crippen LogP contribution in [0.15, 0.2) is 51.4 Å². The largest absolute Gasteiger partial charge is 0.504 e. The highest BCUT2D eigenvalue weighted by molar-refractivity contribution is 9.10. The molecule has 5 rings (SSSR count). The minimum Gasteiger partial charge on any atom is -0.504 e. The Kier molecular flexibility index (Phi) is 5.88. The summed E-state index contributed by atoms with van der Waals surface area (Å²) >= 11 is 7.04. The van der Waals surface area contributed by atoms with Crippen molar-refractivity contribution < 1.29 is 24.2 Å². The lowest BCUT2D eigenvalue weighted by Gasteiger charge is -2.21. The van der Waals surface area contributed by atoms with Crippen molar-refractivity contribution in [3.8, 4) is 5.75 Å². The maximum atomic E-state index is 13.5. The SMILES string of the molecule is CC(C)(C)OC(=O)n1c2ccc(Br)cc2c2cc3c4cc(Br)ccc4n(C(=O)OC(C)(C)C)c3c(O)c21. The Balaban J connectivity index is 1.98. The number of phenols is 1. The first-order valence-corrected chi connectivity index (χ1v) is 13.3. The molecule has 0 atom stereocenters. The number of carbonyl (C=O) groups is 2. The Labute approximate surface area is 230 Å². The van der Waals surface area contributed by atoms with E-state index >= 15 is 0 Å². The second kappa shape index (κ2) is 8.49. The Bertz CT molecular complexity index is 1640. The third-order valence-electron chi connectivity index (χ3n) is 5.83. The summed E-state index contributed by atoms with van der Waals surface area (Å²) in [4.78, 5) is 26.9. The van der Waals surface area contributed by atoms with Gasteiger partial charge in [0, 0.05) is 30.5 Å². The normalized spacial score (nSPS) is 12.6. The molecule has 37 heavy (non-hydrogen) atoms. The quantitative estimate of drug-likeness (QED) is 0.185. The zero-order chi connectivity index (χ0) is 27.0. The molecule has 7 nitrogen and oxygen atoms in total. The van der Waals surface area contributed by atoms with Crippen molar-refractivity contribution in [3.05, 3.63) is 51.4 Å². The number of benzene rings is 3. The predicted octanol–water partition coefficient (Wildman–Crippen LogP) is 8.70. The van der Waals surface area contributed by atoms with E-state index in [9.17, 15) is 14.7 Å². The van der Waals surface area contributed by atoms with E-state index in [-0.39, 0.29) is 16.8 Å². The number of aromatic nitrogens is 2. The number of hydrogen-bond acceptors (Lipinski definition) is 5. The molecule has 0 bridgehead atoms. The lowest BCUT2D eigenvalue weighted by Crippen LogP contribution is -2.27. The van der Waals surface area contributed by atoms with Crippen LogP contribution in [0.2, 0.25) is 0 Å². The van der Waals surface area contributed by atoms with Gasteiger partial charge >= 0.3 is 12.2 Å². The smallest absolute Gasteiger partial charge is 0.419 e. The molecule has 0 saturated carbocycles. The van der Waals surface area contributed by atoms with Crippen molar-refractivity contribution in [1.82, 2.24) is 9.13 Å². The minimum atomic E-state index is -0.757. The fourth-order valence-electron chi connectivity index (χ4n) is 4.58. The maximum absolute atomic E-state index is 13.5. The molecule has 0 unspecified atom stereocenters. The van der Waals surface area contributed by atoms with Crippen LogP contribution in [0.25, 0.3) is 43.6 Å². The number of fused-ring (bicyclic) bond motifs is 6. The van der Waals surface area contributed by atoms with Gasteiger partial charge in [0.15, 0.2) is 5.75 Å². The van der Waals surface area contributed by atoms with Crippen molar-refractivity contribution in [2.75, 3.05) is 0 Å². The van der Waals surface area contributed by atoms with Crippen molar-refractivity contribution in [2.45, 2.75) is 52.7 Å². The zero-order valence-electron chi connectivity index (χ0n) is 21.3. The molecule has 1 N–H and O–H groups in total. The van der Waals surface area contributed by atoms with Gasteiger partial charge in [-0.1, -0.05) is 31.9 Å². The first-order chi connectivity index (χ1) is 17.2. The van der Waals surface area contributed by atoms with E-state index in [0.717, 1.165) is 19.7 Å². The van der Waals surface area contributed by atoms with Gasteiger partial charge in [-0.2, -0.15) is 0 Å². The average Bonchev–Trinajstić information content (AvgIpc) is 3.25. The van der Waals surface area contributed by atoms with Crippen LogP contribution in [0.5, 0.6) is 5.75 Å². The van der Waals surface area contributed by atoms with Crippen LogP contribution in [0.4, 0.5) is 9.59 Å². The molecule has 9 heteroatoms. The van der Waals surface area contributed by atoms with Crippen LogP contribution in [0.3, 0.4) is 0 Å². The van der Waals surface area contributed by atoms with Gasteiger partial charge in [0.25, 0.3) is 0 Å². The molecule has 2 aromatic heterocycles. The van der Waals surface area contributed by atoms with Gasteiger partial charge in [0.2, 0.25) is 0 Å². The average molecular weight is 630 g/mol. The molecular formula is C28H26Br2N2O5. The molecule has 192 valence electrons. The van der Waals surface area contributed by atoms with Gasteiger partial charge in [0.05, 0.1) is 11.0 Å². The van der Waals surface area contributed by atoms with Crippen molar-refractivity contribution in [1.29, 1.82) is 0 Å². The highest BCUT2D eigenvalue weighted by Gasteiger charge is 2.30. The van der Waals surface area contributed by atoms with Crippen LogP contribution >= 0.6 is 31.9 Å². The van der Waals surface area contributed by atoms with Crippen LogP contribution in [-0.2, 0) is 9.47 Å². The summed E-state index contributed by atoms with van der Waals surface area (Å²) in [6, 6.07) is 12.9. The predicted molar refractivity (Wildman–Crippen MR) is 153 cm³/mol. The third kappa shape index (κ3) is 4.38. The van der Waals surface area contributed by atoms with Crippen molar-refractivity contribution in [2.24, 2.45) is 0 Å². The van der Waals surface area contributed by atoms with E-state index in [1.807, 2.05) is 30.3 Å². The fraction of sp³-hybridized carbons (Fsp3) is 0.286. The molecule has 0 saturated heterocycles. The van der Waals surface area contributed by atoms with E-state index in [4.69, 9.17) is 9.47 Å². The van der Waals surface area contributed by atoms with Crippen LogP contribution < -0.4 is 0 Å². The number of ether oxygens (including phenoxy) is 2. The number of carbonyl (C=O) groups excluding carboxylic acids is 2. The molecule has 0 aliphatic rings. The van der Waals surface area contributed by atoms with Gasteiger partial charge < -0.3 is 14.6 Å². The summed E-state index contributed by atoms with van der Waals surface area (Å²) in [7, 11) is 0. The number of aromatic hydroxyl groups is 1. The topological polar surface area (TPSA) is 82.7 Å². The molecule has 0 fully saturated rings. The van der Waals surface area contributed by atoms with Crippen molar-refractivity contribution >= 4 is 87.7 Å². The molecule has 3 aromatic carbocycles. The molecule has 0 aliphatic heterocycles. The van der Waals surface area contributed by atoms with Crippen LogP contribution in [0, 0.1) is 0 Å². The first-order valence-electron chi connectivity index (χ1n) is 11.7. The highest BCUT2D eigenvalue weighted by atomic mass is 79.9. The van der Waals surface area contributed by atoms with Gasteiger partial charge in [0.1, 0.15) is 22.2 Å². The summed E-state index contributed by atoms with van der Waals surface area (Å²) in [6.07, 6.45) is -1.26. The summed E-state index contributed by atoms with van der Waals surface area (Å²) in [5.41, 5.74) is 0.136. The zero-order valence-corrected chi connectivity index (χ0v) is 24.4. The summed E-state index contributed by atoms with van der Waals surface area (Å²) in [6.45, 7) is 10.7. The monoisotopic (exact) mass is 628 g/mol. The summed E-state index contributed by atoms with van der Waals surface area (Å²) < 4.78 is 15.8. The summed E-state index contributed by atoms with van der Waals surface area (Å²) in [5, 5.41) is 14.6. The molecule has 0 spiro atoms. The standard InChI is InChI=1S/C28H26Br2N2O5/c1-27(2,3)36-25(34)31-20-9-7-14(29)11-16(20)18-13-19-17-12-15(30)8-10-21(17)32(23(19)24(33)22(18)31)26(35)37-28(4,5)6/h7-13,33H,1-6H3. The minimum absolute atomic E-state index is 0.219. The molecule has 0 radical (unpaired) electrons. The maximum Gasteiger partial charge on any atom is 0.419 e. The number of phenolic OH excluding ortho intramolecular Hbond substituents is 1. The highest BCUT2D eigenvalue weighted by Crippen LogP contribution is 2.44. The number of hydrogen-bond donors (Lipinski definition) is 1. The van der Waals surface area contributed by atoms with Gasteiger partial charge in [-0.15, -0.1) is 0 Å². The van der Waals surface area contributed by atoms with Gasteiger partial charge in [-0.25, -0.2) is 18.7 Å².